The number of piperidine rings is 1. The Bertz CT molecular complexity index is 976. The highest BCUT2D eigenvalue weighted by atomic mass is 16.5. The molecule has 1 saturated heterocycles. The minimum Gasteiger partial charge on any atom is -0.470 e. The lowest BCUT2D eigenvalue weighted by atomic mass is 10.1. The fourth-order valence-corrected chi connectivity index (χ4v) is 2.90. The number of carbonyl (C=O) groups excluding carboxylic acids is 1. The lowest BCUT2D eigenvalue weighted by molar-refractivity contribution is -0.134. The van der Waals surface area contributed by atoms with Gasteiger partial charge in [-0.25, -0.2) is 14.8 Å². The van der Waals surface area contributed by atoms with Gasteiger partial charge in [-0.15, -0.1) is 0 Å². The molecule has 27 heavy (non-hydrogen) atoms. The Balaban J connectivity index is 1.58. The molecular weight excluding hydrogens is 352 g/mol. The molecule has 1 atom stereocenters. The van der Waals surface area contributed by atoms with Gasteiger partial charge >= 0.3 is 5.69 Å². The molecule has 1 N–H and O–H groups in total. The summed E-state index contributed by atoms with van der Waals surface area (Å²) in [5, 5.41) is 9.06. The van der Waals surface area contributed by atoms with Gasteiger partial charge in [-0.1, -0.05) is 0 Å². The van der Waals surface area contributed by atoms with E-state index in [9.17, 15) is 14.4 Å². The van der Waals surface area contributed by atoms with E-state index in [2.05, 4.69) is 15.0 Å². The van der Waals surface area contributed by atoms with Crippen LogP contribution in [0.5, 0.6) is 5.88 Å². The van der Waals surface area contributed by atoms with E-state index in [1.807, 2.05) is 6.07 Å². The molecule has 140 valence electrons. The van der Waals surface area contributed by atoms with Crippen LogP contribution in [0.25, 0.3) is 0 Å². The SMILES string of the molecule is N#Cc1nccnc1OC1CCCN(C(=O)CCn2ccc(=O)[nH]c2=O)C1. The summed E-state index contributed by atoms with van der Waals surface area (Å²) in [6.45, 7) is 1.16. The Kier molecular flexibility index (Phi) is 5.61. The molecule has 0 radical (unpaired) electrons. The third-order valence-electron chi connectivity index (χ3n) is 4.24. The molecular formula is C17H18N6O4. The van der Waals surface area contributed by atoms with Crippen molar-refractivity contribution >= 4 is 5.91 Å². The van der Waals surface area contributed by atoms with Crippen molar-refractivity contribution in [3.8, 4) is 11.9 Å². The summed E-state index contributed by atoms with van der Waals surface area (Å²) in [5.74, 6) is 0.0557. The van der Waals surface area contributed by atoms with Crippen molar-refractivity contribution in [2.24, 2.45) is 0 Å². The lowest BCUT2D eigenvalue weighted by Gasteiger charge is -2.32. The summed E-state index contributed by atoms with van der Waals surface area (Å²) in [6.07, 6.45) is 5.59. The minimum absolute atomic E-state index is 0.110. The van der Waals surface area contributed by atoms with Crippen molar-refractivity contribution in [2.75, 3.05) is 13.1 Å². The number of aryl methyl sites for hydroxylation is 1. The molecule has 1 aliphatic rings. The maximum absolute atomic E-state index is 12.5. The molecule has 3 rings (SSSR count). The summed E-state index contributed by atoms with van der Waals surface area (Å²) in [6, 6.07) is 3.17. The van der Waals surface area contributed by atoms with Gasteiger partial charge in [0.2, 0.25) is 11.6 Å². The fraction of sp³-hybridized carbons (Fsp3) is 0.412. The largest absolute Gasteiger partial charge is 0.470 e. The van der Waals surface area contributed by atoms with Gasteiger partial charge in [0, 0.05) is 44.2 Å². The average Bonchev–Trinajstić information content (AvgIpc) is 2.68. The standard InChI is InChI=1S/C17H18N6O4/c18-10-13-16(20-6-5-19-13)27-12-2-1-7-23(11-12)15(25)4-9-22-8-3-14(24)21-17(22)26/h3,5-6,8,12H,1-2,4,7,9,11H2,(H,21,24,26). The van der Waals surface area contributed by atoms with Crippen LogP contribution >= 0.6 is 0 Å². The number of carbonyl (C=O) groups is 1. The van der Waals surface area contributed by atoms with E-state index < -0.39 is 11.2 Å². The first-order valence-corrected chi connectivity index (χ1v) is 8.52. The van der Waals surface area contributed by atoms with Crippen molar-refractivity contribution in [1.82, 2.24) is 24.4 Å². The zero-order valence-electron chi connectivity index (χ0n) is 14.5. The van der Waals surface area contributed by atoms with Gasteiger partial charge in [0.25, 0.3) is 11.4 Å². The molecule has 1 aliphatic heterocycles. The number of likely N-dealkylation sites (tertiary alicyclic amines) is 1. The van der Waals surface area contributed by atoms with Gasteiger partial charge in [-0.3, -0.25) is 14.6 Å². The molecule has 10 heteroatoms. The number of hydrogen-bond acceptors (Lipinski definition) is 7. The van der Waals surface area contributed by atoms with Crippen molar-refractivity contribution in [2.45, 2.75) is 31.9 Å². The topological polar surface area (TPSA) is 134 Å². The van der Waals surface area contributed by atoms with Crippen molar-refractivity contribution in [1.29, 1.82) is 5.26 Å². The molecule has 0 bridgehead atoms. The summed E-state index contributed by atoms with van der Waals surface area (Å²) < 4.78 is 7.06. The molecule has 2 aromatic heterocycles. The molecule has 0 spiro atoms. The minimum atomic E-state index is -0.540. The van der Waals surface area contributed by atoms with Crippen LogP contribution in [-0.4, -0.2) is 49.5 Å². The molecule has 1 amide bonds. The van der Waals surface area contributed by atoms with E-state index in [-0.39, 0.29) is 36.6 Å². The smallest absolute Gasteiger partial charge is 0.328 e. The van der Waals surface area contributed by atoms with E-state index in [1.165, 1.54) is 29.2 Å². The molecule has 2 aromatic rings. The summed E-state index contributed by atoms with van der Waals surface area (Å²) in [7, 11) is 0. The first-order valence-electron chi connectivity index (χ1n) is 8.52. The van der Waals surface area contributed by atoms with E-state index in [4.69, 9.17) is 10.00 Å². The molecule has 10 nitrogen and oxygen atoms in total. The summed E-state index contributed by atoms with van der Waals surface area (Å²) in [5.41, 5.74) is -0.903. The Morgan fingerprint density at radius 3 is 2.96 bits per heavy atom. The molecule has 0 aromatic carbocycles. The van der Waals surface area contributed by atoms with E-state index in [0.717, 1.165) is 12.8 Å². The summed E-state index contributed by atoms with van der Waals surface area (Å²) in [4.78, 5) is 47.0. The number of aromatic nitrogens is 4. The van der Waals surface area contributed by atoms with E-state index >= 15 is 0 Å². The number of nitrogens with one attached hydrogen (secondary N) is 1. The van der Waals surface area contributed by atoms with Crippen molar-refractivity contribution in [3.05, 3.63) is 51.2 Å². The summed E-state index contributed by atoms with van der Waals surface area (Å²) >= 11 is 0. The number of hydrogen-bond donors (Lipinski definition) is 1. The van der Waals surface area contributed by atoms with Crippen LogP contribution in [0, 0.1) is 11.3 Å². The van der Waals surface area contributed by atoms with Crippen LogP contribution in [0.3, 0.4) is 0 Å². The fourth-order valence-electron chi connectivity index (χ4n) is 2.90. The monoisotopic (exact) mass is 370 g/mol. The highest BCUT2D eigenvalue weighted by molar-refractivity contribution is 5.76. The van der Waals surface area contributed by atoms with Crippen molar-refractivity contribution in [3.63, 3.8) is 0 Å². The average molecular weight is 370 g/mol. The zero-order chi connectivity index (χ0) is 19.2. The van der Waals surface area contributed by atoms with Crippen LogP contribution in [0.1, 0.15) is 25.0 Å². The quantitative estimate of drug-likeness (QED) is 0.761. The maximum Gasteiger partial charge on any atom is 0.328 e. The lowest BCUT2D eigenvalue weighted by Crippen LogP contribution is -2.45. The highest BCUT2D eigenvalue weighted by Gasteiger charge is 2.26. The molecule has 1 unspecified atom stereocenters. The van der Waals surface area contributed by atoms with Gasteiger partial charge in [0.1, 0.15) is 12.2 Å². The normalized spacial score (nSPS) is 16.6. The second-order valence-electron chi connectivity index (χ2n) is 6.10. The number of ether oxygens (including phenoxy) is 1. The zero-order valence-corrected chi connectivity index (χ0v) is 14.5. The highest BCUT2D eigenvalue weighted by Crippen LogP contribution is 2.19. The van der Waals surface area contributed by atoms with E-state index in [0.29, 0.717) is 13.1 Å². The first-order chi connectivity index (χ1) is 13.1. The van der Waals surface area contributed by atoms with Gasteiger partial charge in [0.15, 0.2) is 0 Å². The van der Waals surface area contributed by atoms with E-state index in [1.54, 1.807) is 4.90 Å². The van der Waals surface area contributed by atoms with Crippen LogP contribution in [0.4, 0.5) is 0 Å². The number of nitrogens with zero attached hydrogens (tertiary/aromatic N) is 5. The first kappa shape index (κ1) is 18.3. The van der Waals surface area contributed by atoms with Crippen LogP contribution < -0.4 is 16.0 Å². The van der Waals surface area contributed by atoms with Gasteiger partial charge in [-0.2, -0.15) is 5.26 Å². The Morgan fingerprint density at radius 1 is 1.37 bits per heavy atom. The molecule has 1 fully saturated rings. The maximum atomic E-state index is 12.5. The molecule has 0 aliphatic carbocycles. The Hall–Kier alpha value is -3.48. The number of nitriles is 1. The molecule has 0 saturated carbocycles. The Labute approximate surface area is 154 Å². The van der Waals surface area contributed by atoms with Crippen LogP contribution in [0.2, 0.25) is 0 Å². The van der Waals surface area contributed by atoms with Gasteiger partial charge < -0.3 is 14.2 Å². The third-order valence-corrected chi connectivity index (χ3v) is 4.24. The number of aromatic amines is 1. The number of amides is 1. The number of H-pyrrole nitrogens is 1. The van der Waals surface area contributed by atoms with Crippen LogP contribution in [0.15, 0.2) is 34.2 Å². The second kappa shape index (κ2) is 8.27. The van der Waals surface area contributed by atoms with Crippen molar-refractivity contribution < 1.29 is 9.53 Å². The molecule has 3 heterocycles. The van der Waals surface area contributed by atoms with Crippen LogP contribution in [-0.2, 0) is 11.3 Å². The predicted octanol–water partition coefficient (Wildman–Crippen LogP) is -0.342. The predicted molar refractivity (Wildman–Crippen MR) is 92.9 cm³/mol. The second-order valence-corrected chi connectivity index (χ2v) is 6.10. The van der Waals surface area contributed by atoms with Gasteiger partial charge in [0.05, 0.1) is 6.54 Å². The number of rotatable bonds is 5. The van der Waals surface area contributed by atoms with Gasteiger partial charge in [-0.05, 0) is 12.8 Å². The third kappa shape index (κ3) is 4.58. The Morgan fingerprint density at radius 2 is 2.19 bits per heavy atom.